The number of nitrogens with zero attached hydrogens (tertiary/aromatic N) is 4. The number of aromatic nitrogens is 3. The van der Waals surface area contributed by atoms with Gasteiger partial charge in [0.25, 0.3) is 5.91 Å². The minimum atomic E-state index is -0.413. The highest BCUT2D eigenvalue weighted by Crippen LogP contribution is 2.20. The second-order valence-corrected chi connectivity index (χ2v) is 7.01. The summed E-state index contributed by atoms with van der Waals surface area (Å²) in [5, 5.41) is 16.6. The first-order valence-electron chi connectivity index (χ1n) is 9.68. The van der Waals surface area contributed by atoms with Gasteiger partial charge in [-0.1, -0.05) is 19.1 Å². The monoisotopic (exact) mass is 387 g/mol. The molecule has 29 heavy (non-hydrogen) atoms. The number of rotatable bonds is 7. The van der Waals surface area contributed by atoms with Gasteiger partial charge in [-0.2, -0.15) is 10.4 Å². The second-order valence-electron chi connectivity index (χ2n) is 7.01. The Morgan fingerprint density at radius 3 is 2.79 bits per heavy atom. The summed E-state index contributed by atoms with van der Waals surface area (Å²) >= 11 is 0. The van der Waals surface area contributed by atoms with Gasteiger partial charge >= 0.3 is 0 Å². The number of anilines is 1. The molecule has 0 radical (unpaired) electrons. The van der Waals surface area contributed by atoms with Crippen LogP contribution < -0.4 is 5.32 Å². The van der Waals surface area contributed by atoms with Gasteiger partial charge in [-0.15, -0.1) is 0 Å². The molecule has 0 saturated carbocycles. The molecule has 6 heteroatoms. The highest BCUT2D eigenvalue weighted by atomic mass is 16.1. The van der Waals surface area contributed by atoms with Crippen molar-refractivity contribution in [1.82, 2.24) is 14.3 Å². The van der Waals surface area contributed by atoms with Gasteiger partial charge in [-0.25, -0.2) is 0 Å². The zero-order valence-electron chi connectivity index (χ0n) is 17.0. The Morgan fingerprint density at radius 1 is 1.28 bits per heavy atom. The van der Waals surface area contributed by atoms with Crippen molar-refractivity contribution in [1.29, 1.82) is 5.26 Å². The van der Waals surface area contributed by atoms with E-state index in [1.807, 2.05) is 67.2 Å². The maximum absolute atomic E-state index is 12.7. The molecule has 0 fully saturated rings. The molecular formula is C23H25N5O. The third kappa shape index (κ3) is 4.82. The molecule has 1 aromatic carbocycles. The van der Waals surface area contributed by atoms with Crippen LogP contribution in [0.15, 0.2) is 54.4 Å². The van der Waals surface area contributed by atoms with Crippen LogP contribution in [0.5, 0.6) is 0 Å². The normalized spacial score (nSPS) is 11.3. The highest BCUT2D eigenvalue weighted by molar-refractivity contribution is 6.09. The molecular weight excluding hydrogens is 362 g/mol. The molecule has 0 atom stereocenters. The van der Waals surface area contributed by atoms with E-state index in [9.17, 15) is 10.1 Å². The van der Waals surface area contributed by atoms with Crippen molar-refractivity contribution in [3.8, 4) is 6.07 Å². The lowest BCUT2D eigenvalue weighted by Crippen LogP contribution is -2.14. The summed E-state index contributed by atoms with van der Waals surface area (Å²) in [5.74, 6) is -0.413. The molecule has 0 bridgehead atoms. The zero-order chi connectivity index (χ0) is 20.8. The van der Waals surface area contributed by atoms with Crippen LogP contribution in [0.3, 0.4) is 0 Å². The minimum absolute atomic E-state index is 0.0826. The van der Waals surface area contributed by atoms with Gasteiger partial charge in [-0.3, -0.25) is 9.48 Å². The van der Waals surface area contributed by atoms with E-state index in [1.54, 1.807) is 12.3 Å². The van der Waals surface area contributed by atoms with Gasteiger partial charge in [0, 0.05) is 36.0 Å². The SMILES string of the molecule is CCCn1c(C)cc(/C=C(\C#N)C(=O)Nc2cccc(Cn3cccn3)c2)c1C. The summed E-state index contributed by atoms with van der Waals surface area (Å²) in [6.45, 7) is 7.71. The molecule has 2 heterocycles. The summed E-state index contributed by atoms with van der Waals surface area (Å²) < 4.78 is 4.02. The molecule has 0 aliphatic carbocycles. The summed E-state index contributed by atoms with van der Waals surface area (Å²) in [4.78, 5) is 12.7. The van der Waals surface area contributed by atoms with Crippen molar-refractivity contribution < 1.29 is 4.79 Å². The molecule has 0 aliphatic rings. The van der Waals surface area contributed by atoms with Gasteiger partial charge in [0.15, 0.2) is 0 Å². The predicted octanol–water partition coefficient (Wildman–Crippen LogP) is 4.31. The number of hydrogen-bond donors (Lipinski definition) is 1. The van der Waals surface area contributed by atoms with Gasteiger partial charge in [0.2, 0.25) is 0 Å². The Hall–Kier alpha value is -3.59. The van der Waals surface area contributed by atoms with Gasteiger partial charge in [0.1, 0.15) is 11.6 Å². The van der Waals surface area contributed by atoms with Crippen LogP contribution in [0.2, 0.25) is 0 Å². The fraction of sp³-hybridized carbons (Fsp3) is 0.261. The van der Waals surface area contributed by atoms with Crippen molar-refractivity contribution in [2.45, 2.75) is 40.3 Å². The van der Waals surface area contributed by atoms with E-state index >= 15 is 0 Å². The summed E-state index contributed by atoms with van der Waals surface area (Å²) in [6.07, 6.45) is 6.31. The number of carbonyl (C=O) groups excluding carboxylic acids is 1. The van der Waals surface area contributed by atoms with E-state index in [1.165, 1.54) is 0 Å². The lowest BCUT2D eigenvalue weighted by molar-refractivity contribution is -0.112. The van der Waals surface area contributed by atoms with Crippen LogP contribution >= 0.6 is 0 Å². The number of benzene rings is 1. The maximum atomic E-state index is 12.7. The number of nitriles is 1. The highest BCUT2D eigenvalue weighted by Gasteiger charge is 2.13. The van der Waals surface area contributed by atoms with Gasteiger partial charge in [-0.05, 0) is 61.7 Å². The van der Waals surface area contributed by atoms with Crippen LogP contribution in [-0.4, -0.2) is 20.3 Å². The molecule has 3 aromatic rings. The van der Waals surface area contributed by atoms with Gasteiger partial charge in [0.05, 0.1) is 6.54 Å². The molecule has 6 nitrogen and oxygen atoms in total. The third-order valence-electron chi connectivity index (χ3n) is 4.81. The smallest absolute Gasteiger partial charge is 0.266 e. The van der Waals surface area contributed by atoms with Crippen LogP contribution in [0.25, 0.3) is 6.08 Å². The van der Waals surface area contributed by atoms with Crippen LogP contribution in [-0.2, 0) is 17.9 Å². The zero-order valence-corrected chi connectivity index (χ0v) is 17.0. The summed E-state index contributed by atoms with van der Waals surface area (Å²) in [5.41, 5.74) is 4.83. The summed E-state index contributed by atoms with van der Waals surface area (Å²) in [6, 6.07) is 13.5. The molecule has 1 N–H and O–H groups in total. The van der Waals surface area contributed by atoms with Crippen LogP contribution in [0, 0.1) is 25.2 Å². The number of carbonyl (C=O) groups is 1. The number of amides is 1. The first kappa shape index (κ1) is 20.2. The second kappa shape index (κ2) is 9.07. The molecule has 3 rings (SSSR count). The maximum Gasteiger partial charge on any atom is 0.266 e. The first-order valence-corrected chi connectivity index (χ1v) is 9.68. The first-order chi connectivity index (χ1) is 14.0. The Balaban J connectivity index is 1.78. The molecule has 148 valence electrons. The standard InChI is InChI=1S/C23H25N5O/c1-4-10-28-17(2)12-20(18(28)3)14-21(15-24)23(29)26-22-8-5-7-19(13-22)16-27-11-6-9-25-27/h5-9,11-14H,4,10,16H2,1-3H3,(H,26,29)/b21-14+. The van der Waals surface area contributed by atoms with E-state index in [-0.39, 0.29) is 5.57 Å². The summed E-state index contributed by atoms with van der Waals surface area (Å²) in [7, 11) is 0. The van der Waals surface area contributed by atoms with E-state index in [2.05, 4.69) is 21.9 Å². The largest absolute Gasteiger partial charge is 0.349 e. The van der Waals surface area contributed by atoms with Crippen molar-refractivity contribution >= 4 is 17.7 Å². The van der Waals surface area contributed by atoms with Crippen molar-refractivity contribution in [2.75, 3.05) is 5.32 Å². The van der Waals surface area contributed by atoms with Crippen LogP contribution in [0.4, 0.5) is 5.69 Å². The van der Waals surface area contributed by atoms with Crippen LogP contribution in [0.1, 0.15) is 35.9 Å². The molecule has 0 aliphatic heterocycles. The quantitative estimate of drug-likeness (QED) is 0.485. The van der Waals surface area contributed by atoms with E-state index < -0.39 is 5.91 Å². The van der Waals surface area contributed by atoms with E-state index in [0.29, 0.717) is 12.2 Å². The van der Waals surface area contributed by atoms with Gasteiger partial charge < -0.3 is 9.88 Å². The molecule has 1 amide bonds. The number of hydrogen-bond acceptors (Lipinski definition) is 3. The predicted molar refractivity (Wildman–Crippen MR) is 114 cm³/mol. The van der Waals surface area contributed by atoms with E-state index in [4.69, 9.17) is 0 Å². The molecule has 0 spiro atoms. The van der Waals surface area contributed by atoms with Crippen molar-refractivity contribution in [3.63, 3.8) is 0 Å². The Bertz CT molecular complexity index is 1070. The minimum Gasteiger partial charge on any atom is -0.349 e. The topological polar surface area (TPSA) is 75.6 Å². The molecule has 0 unspecified atom stereocenters. The average molecular weight is 387 g/mol. The lowest BCUT2D eigenvalue weighted by atomic mass is 10.1. The Labute approximate surface area is 171 Å². The number of nitrogens with one attached hydrogen (secondary N) is 1. The third-order valence-corrected chi connectivity index (χ3v) is 4.81. The lowest BCUT2D eigenvalue weighted by Gasteiger charge is -2.08. The van der Waals surface area contributed by atoms with Crippen molar-refractivity contribution in [2.24, 2.45) is 0 Å². The Kier molecular flexibility index (Phi) is 6.30. The fourth-order valence-electron chi connectivity index (χ4n) is 3.37. The van der Waals surface area contributed by atoms with Crippen molar-refractivity contribution in [3.05, 3.63) is 76.9 Å². The Morgan fingerprint density at radius 2 is 2.10 bits per heavy atom. The molecule has 2 aromatic heterocycles. The fourth-order valence-corrected chi connectivity index (χ4v) is 3.37. The number of aryl methyl sites for hydroxylation is 1. The molecule has 0 saturated heterocycles. The van der Waals surface area contributed by atoms with E-state index in [0.717, 1.165) is 35.5 Å². The average Bonchev–Trinajstić information content (AvgIpc) is 3.30.